The number of aryl methyl sites for hydroxylation is 1. The SMILES string of the molecule is NC(COCC(=O)O)c1ccc2c(c1)CCCC(=O)N2. The van der Waals surface area contributed by atoms with Crippen molar-refractivity contribution in [3.05, 3.63) is 29.3 Å². The molecule has 1 atom stereocenters. The van der Waals surface area contributed by atoms with E-state index in [-0.39, 0.29) is 25.2 Å². The molecule has 1 aliphatic rings. The molecule has 1 aromatic rings. The molecule has 0 spiro atoms. The molecule has 0 radical (unpaired) electrons. The highest BCUT2D eigenvalue weighted by atomic mass is 16.5. The van der Waals surface area contributed by atoms with Gasteiger partial charge in [0.05, 0.1) is 12.6 Å². The van der Waals surface area contributed by atoms with Crippen molar-refractivity contribution in [1.82, 2.24) is 0 Å². The first-order chi connectivity index (χ1) is 9.56. The Bertz CT molecular complexity index is 516. The predicted octanol–water partition coefficient (Wildman–Crippen LogP) is 1.06. The number of hydrogen-bond acceptors (Lipinski definition) is 4. The first-order valence-corrected chi connectivity index (χ1v) is 6.54. The molecule has 0 saturated carbocycles. The first kappa shape index (κ1) is 14.5. The number of nitrogens with one attached hydrogen (secondary N) is 1. The maximum Gasteiger partial charge on any atom is 0.329 e. The molecule has 0 bridgehead atoms. The van der Waals surface area contributed by atoms with E-state index in [1.54, 1.807) is 0 Å². The predicted molar refractivity (Wildman–Crippen MR) is 73.4 cm³/mol. The molecule has 0 aliphatic carbocycles. The number of carbonyl (C=O) groups excluding carboxylic acids is 1. The topological polar surface area (TPSA) is 102 Å². The average molecular weight is 278 g/mol. The van der Waals surface area contributed by atoms with Gasteiger partial charge in [-0.2, -0.15) is 0 Å². The van der Waals surface area contributed by atoms with Crippen molar-refractivity contribution in [1.29, 1.82) is 0 Å². The van der Waals surface area contributed by atoms with E-state index in [1.165, 1.54) is 0 Å². The summed E-state index contributed by atoms with van der Waals surface area (Å²) in [7, 11) is 0. The van der Waals surface area contributed by atoms with E-state index in [4.69, 9.17) is 15.6 Å². The fourth-order valence-electron chi connectivity index (χ4n) is 2.19. The lowest BCUT2D eigenvalue weighted by atomic mass is 10.0. The number of aliphatic carboxylic acids is 1. The summed E-state index contributed by atoms with van der Waals surface area (Å²) in [4.78, 5) is 21.8. The van der Waals surface area contributed by atoms with E-state index in [9.17, 15) is 9.59 Å². The molecule has 1 unspecified atom stereocenters. The molecule has 1 aliphatic heterocycles. The van der Waals surface area contributed by atoms with Gasteiger partial charge in [0.2, 0.25) is 5.91 Å². The van der Waals surface area contributed by atoms with Crippen LogP contribution in [0.25, 0.3) is 0 Å². The smallest absolute Gasteiger partial charge is 0.329 e. The number of carboxylic acid groups (broad SMARTS) is 1. The van der Waals surface area contributed by atoms with Crippen LogP contribution in [0.15, 0.2) is 18.2 Å². The summed E-state index contributed by atoms with van der Waals surface area (Å²) in [6.07, 6.45) is 2.16. The molecule has 6 heteroatoms. The lowest BCUT2D eigenvalue weighted by Gasteiger charge is -2.15. The molecule has 6 nitrogen and oxygen atoms in total. The largest absolute Gasteiger partial charge is 0.480 e. The summed E-state index contributed by atoms with van der Waals surface area (Å²) >= 11 is 0. The Labute approximate surface area is 116 Å². The Kier molecular flexibility index (Phi) is 4.70. The van der Waals surface area contributed by atoms with Gasteiger partial charge >= 0.3 is 5.97 Å². The molecule has 1 aromatic carbocycles. The second-order valence-electron chi connectivity index (χ2n) is 4.83. The van der Waals surface area contributed by atoms with E-state index in [1.807, 2.05) is 18.2 Å². The highest BCUT2D eigenvalue weighted by Gasteiger charge is 2.15. The van der Waals surface area contributed by atoms with Crippen molar-refractivity contribution in [3.8, 4) is 0 Å². The normalized spacial score (nSPS) is 15.9. The van der Waals surface area contributed by atoms with Crippen LogP contribution in [0, 0.1) is 0 Å². The number of benzene rings is 1. The highest BCUT2D eigenvalue weighted by molar-refractivity contribution is 5.92. The number of rotatable bonds is 5. The number of anilines is 1. The van der Waals surface area contributed by atoms with E-state index < -0.39 is 5.97 Å². The zero-order chi connectivity index (χ0) is 14.5. The van der Waals surface area contributed by atoms with Gasteiger partial charge in [-0.25, -0.2) is 4.79 Å². The van der Waals surface area contributed by atoms with E-state index in [0.717, 1.165) is 29.7 Å². The fraction of sp³-hybridized carbons (Fsp3) is 0.429. The molecule has 0 aromatic heterocycles. The quantitative estimate of drug-likeness (QED) is 0.747. The molecule has 0 saturated heterocycles. The summed E-state index contributed by atoms with van der Waals surface area (Å²) in [5.41, 5.74) is 8.74. The molecule has 2 rings (SSSR count). The van der Waals surface area contributed by atoms with Crippen LogP contribution in [0.3, 0.4) is 0 Å². The third-order valence-corrected chi connectivity index (χ3v) is 3.20. The highest BCUT2D eigenvalue weighted by Crippen LogP contribution is 2.25. The van der Waals surface area contributed by atoms with Gasteiger partial charge < -0.3 is 20.9 Å². The van der Waals surface area contributed by atoms with Crippen LogP contribution < -0.4 is 11.1 Å². The Balaban J connectivity index is 2.04. The van der Waals surface area contributed by atoms with Crippen molar-refractivity contribution in [2.75, 3.05) is 18.5 Å². The molecular formula is C14H18N2O4. The average Bonchev–Trinajstić information content (AvgIpc) is 2.57. The number of amides is 1. The monoisotopic (exact) mass is 278 g/mol. The van der Waals surface area contributed by atoms with Crippen molar-refractivity contribution >= 4 is 17.6 Å². The summed E-state index contributed by atoms with van der Waals surface area (Å²) in [5, 5.41) is 11.4. The lowest BCUT2D eigenvalue weighted by Crippen LogP contribution is -2.20. The summed E-state index contributed by atoms with van der Waals surface area (Å²) in [6, 6.07) is 5.25. The van der Waals surface area contributed by atoms with Crippen LogP contribution >= 0.6 is 0 Å². The molecule has 20 heavy (non-hydrogen) atoms. The van der Waals surface area contributed by atoms with E-state index in [0.29, 0.717) is 6.42 Å². The maximum absolute atomic E-state index is 11.5. The molecule has 108 valence electrons. The van der Waals surface area contributed by atoms with Crippen molar-refractivity contribution in [2.45, 2.75) is 25.3 Å². The van der Waals surface area contributed by atoms with Gasteiger partial charge in [0.1, 0.15) is 6.61 Å². The van der Waals surface area contributed by atoms with Gasteiger partial charge in [-0.15, -0.1) is 0 Å². The van der Waals surface area contributed by atoms with E-state index >= 15 is 0 Å². The van der Waals surface area contributed by atoms with Crippen LogP contribution in [0.1, 0.15) is 30.0 Å². The van der Waals surface area contributed by atoms with Crippen LogP contribution in [-0.2, 0) is 20.7 Å². The zero-order valence-corrected chi connectivity index (χ0v) is 11.1. The number of carbonyl (C=O) groups is 2. The van der Waals surface area contributed by atoms with Gasteiger partial charge in [0, 0.05) is 12.1 Å². The maximum atomic E-state index is 11.5. The number of ether oxygens (including phenoxy) is 1. The second kappa shape index (κ2) is 6.49. The Morgan fingerprint density at radius 1 is 1.45 bits per heavy atom. The van der Waals surface area contributed by atoms with Gasteiger partial charge in [-0.05, 0) is 30.0 Å². The first-order valence-electron chi connectivity index (χ1n) is 6.54. The molecule has 4 N–H and O–H groups in total. The minimum Gasteiger partial charge on any atom is -0.480 e. The van der Waals surface area contributed by atoms with Gasteiger partial charge in [-0.1, -0.05) is 12.1 Å². The Morgan fingerprint density at radius 2 is 2.25 bits per heavy atom. The van der Waals surface area contributed by atoms with Gasteiger partial charge in [0.25, 0.3) is 0 Å². The summed E-state index contributed by atoms with van der Waals surface area (Å²) < 4.78 is 5.00. The Hall–Kier alpha value is -1.92. The van der Waals surface area contributed by atoms with Crippen LogP contribution in [0.5, 0.6) is 0 Å². The van der Waals surface area contributed by atoms with Crippen molar-refractivity contribution in [2.24, 2.45) is 5.73 Å². The van der Waals surface area contributed by atoms with Crippen LogP contribution in [0.2, 0.25) is 0 Å². The minimum absolute atomic E-state index is 0.0330. The standard InChI is InChI=1S/C14H18N2O4/c15-11(7-20-8-14(18)19)9-4-5-12-10(6-9)2-1-3-13(17)16-12/h4-6,11H,1-3,7-8,15H2,(H,16,17)(H,18,19). The van der Waals surface area contributed by atoms with Crippen molar-refractivity contribution in [3.63, 3.8) is 0 Å². The zero-order valence-electron chi connectivity index (χ0n) is 11.1. The summed E-state index contributed by atoms with van der Waals surface area (Å²) in [5.74, 6) is -0.979. The lowest BCUT2D eigenvalue weighted by molar-refractivity contribution is -0.142. The van der Waals surface area contributed by atoms with E-state index in [2.05, 4.69) is 5.32 Å². The Morgan fingerprint density at radius 3 is 3.00 bits per heavy atom. The number of fused-ring (bicyclic) bond motifs is 1. The third-order valence-electron chi connectivity index (χ3n) is 3.20. The number of nitrogens with two attached hydrogens (primary N) is 1. The molecular weight excluding hydrogens is 260 g/mol. The molecule has 1 heterocycles. The third kappa shape index (κ3) is 3.79. The minimum atomic E-state index is -1.01. The van der Waals surface area contributed by atoms with Gasteiger partial charge in [0.15, 0.2) is 0 Å². The van der Waals surface area contributed by atoms with Crippen molar-refractivity contribution < 1.29 is 19.4 Å². The fourth-order valence-corrected chi connectivity index (χ4v) is 2.19. The summed E-state index contributed by atoms with van der Waals surface area (Å²) in [6.45, 7) is -0.202. The number of hydrogen-bond donors (Lipinski definition) is 3. The van der Waals surface area contributed by atoms with Crippen LogP contribution in [0.4, 0.5) is 5.69 Å². The molecule has 1 amide bonds. The molecule has 0 fully saturated rings. The second-order valence-corrected chi connectivity index (χ2v) is 4.83. The number of carboxylic acids is 1. The van der Waals surface area contributed by atoms with Crippen LogP contribution in [-0.4, -0.2) is 30.2 Å². The van der Waals surface area contributed by atoms with Gasteiger partial charge in [-0.3, -0.25) is 4.79 Å².